The summed E-state index contributed by atoms with van der Waals surface area (Å²) in [6, 6.07) is 9.65. The fraction of sp³-hybridized carbons (Fsp3) is 0.211. The Kier molecular flexibility index (Phi) is 6.02. The van der Waals surface area contributed by atoms with Gasteiger partial charge in [-0.25, -0.2) is 5.06 Å². The highest BCUT2D eigenvalue weighted by atomic mass is 19.4. The van der Waals surface area contributed by atoms with E-state index in [2.05, 4.69) is 14.7 Å². The first-order valence-electron chi connectivity index (χ1n) is 8.52. The first-order valence-corrected chi connectivity index (χ1v) is 8.52. The van der Waals surface area contributed by atoms with Crippen molar-refractivity contribution in [3.8, 4) is 11.4 Å². The molecule has 0 fully saturated rings. The van der Waals surface area contributed by atoms with Gasteiger partial charge in [-0.15, -0.1) is 0 Å². The molecule has 0 unspecified atom stereocenters. The van der Waals surface area contributed by atoms with E-state index < -0.39 is 29.7 Å². The second-order valence-electron chi connectivity index (χ2n) is 6.22. The minimum absolute atomic E-state index is 0.133. The van der Waals surface area contributed by atoms with Crippen molar-refractivity contribution in [2.75, 3.05) is 7.11 Å². The van der Waals surface area contributed by atoms with Crippen LogP contribution in [0, 0.1) is 0 Å². The molecule has 2 aromatic carbocycles. The third kappa shape index (κ3) is 5.20. The SMILES string of the molecule is CON(Cc1ccc(-c2noc(C(F)(F)F)n2)cc1)C(=O)c1cccc(C(F)(F)F)c1. The van der Waals surface area contributed by atoms with Gasteiger partial charge in [-0.1, -0.05) is 35.5 Å². The number of hydrogen-bond acceptors (Lipinski definition) is 5. The summed E-state index contributed by atoms with van der Waals surface area (Å²) in [5, 5.41) is 4.12. The third-order valence-corrected chi connectivity index (χ3v) is 4.09. The van der Waals surface area contributed by atoms with E-state index in [1.54, 1.807) is 0 Å². The quantitative estimate of drug-likeness (QED) is 0.410. The van der Waals surface area contributed by atoms with Gasteiger partial charge in [0.05, 0.1) is 19.2 Å². The molecule has 12 heteroatoms. The van der Waals surface area contributed by atoms with Crippen molar-refractivity contribution in [3.63, 3.8) is 0 Å². The van der Waals surface area contributed by atoms with Crippen molar-refractivity contribution in [1.29, 1.82) is 0 Å². The number of carbonyl (C=O) groups is 1. The average molecular weight is 445 g/mol. The Balaban J connectivity index is 1.75. The van der Waals surface area contributed by atoms with Crippen LogP contribution < -0.4 is 0 Å². The first kappa shape index (κ1) is 22.3. The van der Waals surface area contributed by atoms with E-state index in [4.69, 9.17) is 4.84 Å². The van der Waals surface area contributed by atoms with Crippen LogP contribution in [-0.4, -0.2) is 28.2 Å². The van der Waals surface area contributed by atoms with Crippen LogP contribution in [0.3, 0.4) is 0 Å². The maximum Gasteiger partial charge on any atom is 0.471 e. The molecule has 3 aromatic rings. The number of alkyl halides is 6. The summed E-state index contributed by atoms with van der Waals surface area (Å²) >= 11 is 0. The van der Waals surface area contributed by atoms with Gasteiger partial charge in [0.1, 0.15) is 0 Å². The second-order valence-corrected chi connectivity index (χ2v) is 6.22. The fourth-order valence-corrected chi connectivity index (χ4v) is 2.57. The number of amides is 1. The summed E-state index contributed by atoms with van der Waals surface area (Å²) in [4.78, 5) is 20.8. The molecule has 3 rings (SSSR count). The Bertz CT molecular complexity index is 1060. The lowest BCUT2D eigenvalue weighted by Gasteiger charge is -2.20. The molecule has 0 saturated carbocycles. The average Bonchev–Trinajstić information content (AvgIpc) is 3.22. The monoisotopic (exact) mass is 445 g/mol. The number of halogens is 6. The molecule has 0 spiro atoms. The van der Waals surface area contributed by atoms with E-state index in [1.165, 1.54) is 37.4 Å². The maximum absolute atomic E-state index is 12.9. The highest BCUT2D eigenvalue weighted by Gasteiger charge is 2.38. The van der Waals surface area contributed by atoms with Crippen molar-refractivity contribution < 1.29 is 40.5 Å². The van der Waals surface area contributed by atoms with Crippen LogP contribution >= 0.6 is 0 Å². The van der Waals surface area contributed by atoms with E-state index >= 15 is 0 Å². The van der Waals surface area contributed by atoms with Gasteiger partial charge in [-0.3, -0.25) is 9.63 Å². The Labute approximate surface area is 171 Å². The minimum Gasteiger partial charge on any atom is -0.329 e. The van der Waals surface area contributed by atoms with E-state index in [0.29, 0.717) is 11.6 Å². The zero-order valence-electron chi connectivity index (χ0n) is 15.7. The lowest BCUT2D eigenvalue weighted by molar-refractivity contribution is -0.159. The van der Waals surface area contributed by atoms with Gasteiger partial charge < -0.3 is 4.52 Å². The molecule has 31 heavy (non-hydrogen) atoms. The third-order valence-electron chi connectivity index (χ3n) is 4.09. The van der Waals surface area contributed by atoms with Crippen LogP contribution in [0.5, 0.6) is 0 Å². The molecule has 0 aliphatic carbocycles. The summed E-state index contributed by atoms with van der Waals surface area (Å²) in [6.07, 6.45) is -9.38. The van der Waals surface area contributed by atoms with Gasteiger partial charge in [0.25, 0.3) is 5.91 Å². The van der Waals surface area contributed by atoms with E-state index in [9.17, 15) is 31.1 Å². The molecule has 0 bridgehead atoms. The number of rotatable bonds is 5. The molecule has 0 atom stereocenters. The Morgan fingerprint density at radius 3 is 2.26 bits per heavy atom. The molecule has 0 saturated heterocycles. The molecule has 0 N–H and O–H groups in total. The van der Waals surface area contributed by atoms with Crippen LogP contribution in [0.2, 0.25) is 0 Å². The van der Waals surface area contributed by atoms with Gasteiger partial charge in [-0.2, -0.15) is 31.3 Å². The van der Waals surface area contributed by atoms with Crippen LogP contribution in [0.4, 0.5) is 26.3 Å². The molecule has 164 valence electrons. The summed E-state index contributed by atoms with van der Waals surface area (Å²) in [7, 11) is 1.18. The molecular weight excluding hydrogens is 432 g/mol. The maximum atomic E-state index is 12.9. The zero-order chi connectivity index (χ0) is 22.8. The highest BCUT2D eigenvalue weighted by molar-refractivity contribution is 5.93. The number of carbonyl (C=O) groups excluding carboxylic acids is 1. The number of hydroxylamine groups is 2. The van der Waals surface area contributed by atoms with Crippen molar-refractivity contribution in [2.45, 2.75) is 18.9 Å². The molecule has 0 aliphatic heterocycles. The van der Waals surface area contributed by atoms with Gasteiger partial charge in [0.2, 0.25) is 5.82 Å². The normalized spacial score (nSPS) is 12.1. The molecule has 1 amide bonds. The molecule has 0 aliphatic rings. The lowest BCUT2D eigenvalue weighted by Crippen LogP contribution is -2.29. The predicted octanol–water partition coefficient (Wildman–Crippen LogP) is 4.98. The van der Waals surface area contributed by atoms with E-state index in [0.717, 1.165) is 17.2 Å². The number of benzene rings is 2. The molecule has 0 radical (unpaired) electrons. The highest BCUT2D eigenvalue weighted by Crippen LogP contribution is 2.31. The Morgan fingerprint density at radius 2 is 1.71 bits per heavy atom. The van der Waals surface area contributed by atoms with Crippen molar-refractivity contribution >= 4 is 5.91 Å². The van der Waals surface area contributed by atoms with Crippen molar-refractivity contribution in [3.05, 3.63) is 71.1 Å². The number of aromatic nitrogens is 2. The summed E-state index contributed by atoms with van der Waals surface area (Å²) in [5.41, 5.74) is -0.474. The largest absolute Gasteiger partial charge is 0.471 e. The predicted molar refractivity (Wildman–Crippen MR) is 93.1 cm³/mol. The topological polar surface area (TPSA) is 68.5 Å². The zero-order valence-corrected chi connectivity index (χ0v) is 15.7. The van der Waals surface area contributed by atoms with Crippen LogP contribution in [0.1, 0.15) is 27.4 Å². The van der Waals surface area contributed by atoms with Gasteiger partial charge >= 0.3 is 18.2 Å². The summed E-state index contributed by atoms with van der Waals surface area (Å²) in [6.45, 7) is -0.133. The Morgan fingerprint density at radius 1 is 1.03 bits per heavy atom. The van der Waals surface area contributed by atoms with Crippen molar-refractivity contribution in [2.24, 2.45) is 0 Å². The second kappa shape index (κ2) is 8.38. The van der Waals surface area contributed by atoms with Gasteiger partial charge in [-0.05, 0) is 23.8 Å². The molecule has 1 aromatic heterocycles. The summed E-state index contributed by atoms with van der Waals surface area (Å²) in [5.74, 6) is -2.56. The van der Waals surface area contributed by atoms with Crippen LogP contribution in [0.15, 0.2) is 53.1 Å². The molecule has 6 nitrogen and oxygen atoms in total. The lowest BCUT2D eigenvalue weighted by atomic mass is 10.1. The molecule has 1 heterocycles. The van der Waals surface area contributed by atoms with E-state index in [1.807, 2.05) is 0 Å². The first-order chi connectivity index (χ1) is 14.5. The van der Waals surface area contributed by atoms with Crippen LogP contribution in [-0.2, 0) is 23.7 Å². The van der Waals surface area contributed by atoms with Crippen molar-refractivity contribution in [1.82, 2.24) is 15.2 Å². The smallest absolute Gasteiger partial charge is 0.329 e. The Hall–Kier alpha value is -3.41. The standard InChI is InChI=1S/C19H13F6N3O3/c1-30-28(16(29)13-3-2-4-14(9-13)18(20,21)22)10-11-5-7-12(8-6-11)15-26-17(31-27-15)19(23,24)25/h2-9H,10H2,1H3. The number of hydrogen-bond donors (Lipinski definition) is 0. The van der Waals surface area contributed by atoms with Gasteiger partial charge in [0.15, 0.2) is 0 Å². The fourth-order valence-electron chi connectivity index (χ4n) is 2.57. The van der Waals surface area contributed by atoms with Gasteiger partial charge in [0, 0.05) is 11.1 Å². The minimum atomic E-state index is -4.77. The summed E-state index contributed by atoms with van der Waals surface area (Å²) < 4.78 is 80.5. The molecular formula is C19H13F6N3O3. The van der Waals surface area contributed by atoms with Crippen LogP contribution in [0.25, 0.3) is 11.4 Å². The number of nitrogens with zero attached hydrogens (tertiary/aromatic N) is 3. The van der Waals surface area contributed by atoms with E-state index in [-0.39, 0.29) is 23.5 Å².